The summed E-state index contributed by atoms with van der Waals surface area (Å²) in [4.78, 5) is 11.0. The van der Waals surface area contributed by atoms with Gasteiger partial charge in [0.1, 0.15) is 6.61 Å². The van der Waals surface area contributed by atoms with Gasteiger partial charge in [0.15, 0.2) is 5.78 Å². The van der Waals surface area contributed by atoms with Crippen LogP contribution < -0.4 is 0 Å². The van der Waals surface area contributed by atoms with Crippen molar-refractivity contribution in [3.63, 3.8) is 0 Å². The van der Waals surface area contributed by atoms with E-state index in [1.165, 1.54) is 12.8 Å². The normalized spacial score (nSPS) is 28.8. The van der Waals surface area contributed by atoms with Gasteiger partial charge in [-0.1, -0.05) is 13.8 Å². The van der Waals surface area contributed by atoms with Crippen molar-refractivity contribution in [2.24, 2.45) is 5.92 Å². The number of hydrogen-bond acceptors (Lipinski definition) is 2. The highest BCUT2D eigenvalue weighted by Crippen LogP contribution is 2.25. The molecule has 0 saturated heterocycles. The number of carbonyl (C=O) groups excluding carboxylic acids is 1. The average Bonchev–Trinajstić information content (AvgIpc) is 2.16. The summed E-state index contributed by atoms with van der Waals surface area (Å²) in [6.07, 6.45) is 5.74. The summed E-state index contributed by atoms with van der Waals surface area (Å²) in [7, 11) is 0. The maximum atomic E-state index is 11.0. The van der Waals surface area contributed by atoms with Crippen LogP contribution in [0.2, 0.25) is 0 Å². The largest absolute Gasteiger partial charge is 0.370 e. The highest BCUT2D eigenvalue weighted by molar-refractivity contribution is 5.79. The maximum Gasteiger partial charge on any atom is 0.158 e. The number of ketones is 1. The summed E-state index contributed by atoms with van der Waals surface area (Å²) in [5.74, 6) is 1.07. The molecular formula is C11H20O2. The zero-order valence-electron chi connectivity index (χ0n) is 8.71. The van der Waals surface area contributed by atoms with Crippen molar-refractivity contribution < 1.29 is 9.53 Å². The Hall–Kier alpha value is -0.370. The van der Waals surface area contributed by atoms with E-state index in [1.54, 1.807) is 0 Å². The molecule has 0 aliphatic heterocycles. The summed E-state index contributed by atoms with van der Waals surface area (Å²) in [6, 6.07) is 0. The van der Waals surface area contributed by atoms with Crippen molar-refractivity contribution in [3.8, 4) is 0 Å². The van der Waals surface area contributed by atoms with Crippen LogP contribution in [0.1, 0.15) is 46.0 Å². The molecule has 0 atom stereocenters. The fourth-order valence-corrected chi connectivity index (χ4v) is 1.71. The second-order valence-corrected chi connectivity index (χ2v) is 4.09. The lowest BCUT2D eigenvalue weighted by Crippen LogP contribution is -2.23. The van der Waals surface area contributed by atoms with Gasteiger partial charge in [0.05, 0.1) is 6.10 Å². The van der Waals surface area contributed by atoms with Crippen LogP contribution in [0.5, 0.6) is 0 Å². The van der Waals surface area contributed by atoms with Crippen molar-refractivity contribution in [1.29, 1.82) is 0 Å². The van der Waals surface area contributed by atoms with Crippen LogP contribution in [0.4, 0.5) is 0 Å². The lowest BCUT2D eigenvalue weighted by molar-refractivity contribution is -0.126. The van der Waals surface area contributed by atoms with E-state index in [0.29, 0.717) is 19.1 Å². The van der Waals surface area contributed by atoms with E-state index in [4.69, 9.17) is 4.74 Å². The van der Waals surface area contributed by atoms with Gasteiger partial charge in [0, 0.05) is 6.42 Å². The van der Waals surface area contributed by atoms with Gasteiger partial charge in [-0.2, -0.15) is 0 Å². The predicted octanol–water partition coefficient (Wildman–Crippen LogP) is 2.56. The molecular weight excluding hydrogens is 164 g/mol. The lowest BCUT2D eigenvalue weighted by atomic mass is 9.89. The first-order valence-electron chi connectivity index (χ1n) is 5.35. The molecule has 0 bridgehead atoms. The van der Waals surface area contributed by atoms with Crippen LogP contribution in [-0.4, -0.2) is 18.5 Å². The minimum absolute atomic E-state index is 0.221. The molecule has 0 heterocycles. The molecule has 0 aromatic rings. The highest BCUT2D eigenvalue weighted by atomic mass is 16.5. The Balaban J connectivity index is 2.12. The Morgan fingerprint density at radius 3 is 2.46 bits per heavy atom. The number of hydrogen-bond donors (Lipinski definition) is 0. The molecule has 0 spiro atoms. The Morgan fingerprint density at radius 1 is 1.31 bits per heavy atom. The zero-order valence-corrected chi connectivity index (χ0v) is 8.71. The van der Waals surface area contributed by atoms with Crippen molar-refractivity contribution in [3.05, 3.63) is 0 Å². The van der Waals surface area contributed by atoms with Crippen molar-refractivity contribution in [1.82, 2.24) is 0 Å². The van der Waals surface area contributed by atoms with E-state index in [1.807, 2.05) is 6.92 Å². The van der Waals surface area contributed by atoms with Gasteiger partial charge in [-0.3, -0.25) is 4.79 Å². The first kappa shape index (κ1) is 10.7. The van der Waals surface area contributed by atoms with Crippen molar-refractivity contribution >= 4 is 5.78 Å². The molecule has 0 aromatic heterocycles. The Labute approximate surface area is 80.7 Å². The third-order valence-electron chi connectivity index (χ3n) is 2.84. The maximum absolute atomic E-state index is 11.0. The molecule has 0 aromatic carbocycles. The molecule has 13 heavy (non-hydrogen) atoms. The monoisotopic (exact) mass is 184 g/mol. The van der Waals surface area contributed by atoms with Gasteiger partial charge in [-0.05, 0) is 31.6 Å². The quantitative estimate of drug-likeness (QED) is 0.671. The third kappa shape index (κ3) is 3.90. The average molecular weight is 184 g/mol. The zero-order chi connectivity index (χ0) is 9.68. The second-order valence-electron chi connectivity index (χ2n) is 4.09. The number of rotatable bonds is 4. The molecule has 0 unspecified atom stereocenters. The first-order chi connectivity index (χ1) is 6.22. The molecule has 1 aliphatic rings. The van der Waals surface area contributed by atoms with Crippen LogP contribution in [-0.2, 0) is 9.53 Å². The molecule has 1 saturated carbocycles. The predicted molar refractivity (Wildman–Crippen MR) is 52.7 cm³/mol. The van der Waals surface area contributed by atoms with Gasteiger partial charge in [0.25, 0.3) is 0 Å². The number of ether oxygens (including phenoxy) is 1. The smallest absolute Gasteiger partial charge is 0.158 e. The molecule has 1 fully saturated rings. The van der Waals surface area contributed by atoms with Crippen LogP contribution in [0.15, 0.2) is 0 Å². The van der Waals surface area contributed by atoms with Crippen LogP contribution in [0.25, 0.3) is 0 Å². The molecule has 2 nitrogen and oxygen atoms in total. The van der Waals surface area contributed by atoms with Crippen molar-refractivity contribution in [2.45, 2.75) is 52.1 Å². The summed E-state index contributed by atoms with van der Waals surface area (Å²) in [6.45, 7) is 4.50. The van der Waals surface area contributed by atoms with Gasteiger partial charge >= 0.3 is 0 Å². The molecule has 0 N–H and O–H groups in total. The van der Waals surface area contributed by atoms with E-state index in [9.17, 15) is 4.79 Å². The van der Waals surface area contributed by atoms with Gasteiger partial charge < -0.3 is 4.74 Å². The van der Waals surface area contributed by atoms with E-state index >= 15 is 0 Å². The topological polar surface area (TPSA) is 26.3 Å². The molecule has 1 rings (SSSR count). The molecule has 76 valence electrons. The highest BCUT2D eigenvalue weighted by Gasteiger charge is 2.18. The van der Waals surface area contributed by atoms with Gasteiger partial charge in [-0.15, -0.1) is 0 Å². The SMILES string of the molecule is CCC(=O)COC1CCC(C)CC1. The first-order valence-corrected chi connectivity index (χ1v) is 5.35. The fraction of sp³-hybridized carbons (Fsp3) is 0.909. The van der Waals surface area contributed by atoms with Crippen LogP contribution in [0.3, 0.4) is 0 Å². The Kier molecular flexibility index (Phi) is 4.43. The van der Waals surface area contributed by atoms with E-state index in [0.717, 1.165) is 18.8 Å². The molecule has 2 heteroatoms. The van der Waals surface area contributed by atoms with Crippen LogP contribution in [0, 0.1) is 5.92 Å². The van der Waals surface area contributed by atoms with E-state index in [2.05, 4.69) is 6.92 Å². The van der Waals surface area contributed by atoms with E-state index < -0.39 is 0 Å². The minimum atomic E-state index is 0.221. The van der Waals surface area contributed by atoms with Gasteiger partial charge in [0.2, 0.25) is 0 Å². The molecule has 1 aliphatic carbocycles. The second kappa shape index (κ2) is 5.38. The summed E-state index contributed by atoms with van der Waals surface area (Å²) >= 11 is 0. The van der Waals surface area contributed by atoms with Crippen LogP contribution >= 0.6 is 0 Å². The fourth-order valence-electron chi connectivity index (χ4n) is 1.71. The third-order valence-corrected chi connectivity index (χ3v) is 2.84. The summed E-state index contributed by atoms with van der Waals surface area (Å²) < 4.78 is 5.53. The molecule has 0 radical (unpaired) electrons. The standard InChI is InChI=1S/C11H20O2/c1-3-10(12)8-13-11-6-4-9(2)5-7-11/h9,11H,3-8H2,1-2H3. The number of Topliss-reactive ketones (excluding diaryl/α,β-unsaturated/α-hetero) is 1. The Morgan fingerprint density at radius 2 is 1.92 bits per heavy atom. The van der Waals surface area contributed by atoms with Gasteiger partial charge in [-0.25, -0.2) is 0 Å². The van der Waals surface area contributed by atoms with E-state index in [-0.39, 0.29) is 5.78 Å². The van der Waals surface area contributed by atoms with Crippen molar-refractivity contribution in [2.75, 3.05) is 6.61 Å². The number of carbonyl (C=O) groups is 1. The minimum Gasteiger partial charge on any atom is -0.370 e. The Bertz CT molecular complexity index is 157. The molecule has 0 amide bonds. The lowest BCUT2D eigenvalue weighted by Gasteiger charge is -2.25. The summed E-state index contributed by atoms with van der Waals surface area (Å²) in [5, 5.41) is 0. The summed E-state index contributed by atoms with van der Waals surface area (Å²) in [5.41, 5.74) is 0.